The van der Waals surface area contributed by atoms with Gasteiger partial charge in [0.05, 0.1) is 18.9 Å². The summed E-state index contributed by atoms with van der Waals surface area (Å²) in [6.07, 6.45) is 2.50. The van der Waals surface area contributed by atoms with Crippen LogP contribution >= 0.6 is 0 Å². The number of anilines is 1. The smallest absolute Gasteiger partial charge is 0.308 e. The summed E-state index contributed by atoms with van der Waals surface area (Å²) in [7, 11) is 1.40. The number of para-hydroxylation sites is 1. The van der Waals surface area contributed by atoms with E-state index in [4.69, 9.17) is 4.74 Å². The van der Waals surface area contributed by atoms with Gasteiger partial charge in [-0.05, 0) is 36.8 Å². The number of esters is 1. The molecule has 0 saturated carbocycles. The highest BCUT2D eigenvalue weighted by molar-refractivity contribution is 6.01. The van der Waals surface area contributed by atoms with Crippen molar-refractivity contribution < 1.29 is 19.1 Å². The second-order valence-corrected chi connectivity index (χ2v) is 7.90. The highest BCUT2D eigenvalue weighted by atomic mass is 16.5. The molecule has 3 rings (SSSR count). The van der Waals surface area contributed by atoms with Crippen molar-refractivity contribution in [3.05, 3.63) is 29.8 Å². The summed E-state index contributed by atoms with van der Waals surface area (Å²) >= 11 is 0. The zero-order valence-electron chi connectivity index (χ0n) is 17.0. The number of benzene rings is 1. The maximum absolute atomic E-state index is 13.0. The van der Waals surface area contributed by atoms with Gasteiger partial charge in [0, 0.05) is 31.7 Å². The van der Waals surface area contributed by atoms with E-state index in [2.05, 4.69) is 19.9 Å². The molecule has 6 heteroatoms. The van der Waals surface area contributed by atoms with E-state index in [1.165, 1.54) is 7.11 Å². The van der Waals surface area contributed by atoms with Crippen molar-refractivity contribution in [3.8, 4) is 0 Å². The average molecular weight is 386 g/mol. The van der Waals surface area contributed by atoms with Gasteiger partial charge in [-0.3, -0.25) is 14.4 Å². The van der Waals surface area contributed by atoms with Crippen molar-refractivity contribution in [1.29, 1.82) is 0 Å². The van der Waals surface area contributed by atoms with Crippen molar-refractivity contribution in [2.75, 3.05) is 31.6 Å². The molecule has 2 saturated heterocycles. The third-order valence-corrected chi connectivity index (χ3v) is 6.19. The number of likely N-dealkylation sites (tertiary alicyclic amines) is 1. The highest BCUT2D eigenvalue weighted by Crippen LogP contribution is 2.34. The lowest BCUT2D eigenvalue weighted by Crippen LogP contribution is -2.43. The van der Waals surface area contributed by atoms with Gasteiger partial charge in [0.25, 0.3) is 0 Å². The molecule has 152 valence electrons. The molecule has 0 aromatic heterocycles. The molecule has 2 aliphatic rings. The van der Waals surface area contributed by atoms with Crippen LogP contribution in [0.5, 0.6) is 0 Å². The van der Waals surface area contributed by atoms with Crippen molar-refractivity contribution in [2.24, 2.45) is 11.8 Å². The Hall–Kier alpha value is -2.37. The summed E-state index contributed by atoms with van der Waals surface area (Å²) in [4.78, 5) is 41.0. The van der Waals surface area contributed by atoms with Gasteiger partial charge in [-0.15, -0.1) is 0 Å². The van der Waals surface area contributed by atoms with E-state index in [0.29, 0.717) is 38.4 Å². The van der Waals surface area contributed by atoms with Crippen LogP contribution in [0, 0.1) is 11.8 Å². The van der Waals surface area contributed by atoms with Gasteiger partial charge in [-0.25, -0.2) is 0 Å². The van der Waals surface area contributed by atoms with E-state index in [9.17, 15) is 14.4 Å². The molecule has 2 fully saturated rings. The largest absolute Gasteiger partial charge is 0.469 e. The number of carbonyl (C=O) groups is 3. The van der Waals surface area contributed by atoms with E-state index in [0.717, 1.165) is 17.7 Å². The summed E-state index contributed by atoms with van der Waals surface area (Å²) in [5.74, 6) is -0.240. The first-order chi connectivity index (χ1) is 13.5. The molecule has 2 aliphatic heterocycles. The number of ether oxygens (including phenoxy) is 1. The van der Waals surface area contributed by atoms with E-state index in [1.54, 1.807) is 4.90 Å². The molecular weight excluding hydrogens is 356 g/mol. The van der Waals surface area contributed by atoms with Gasteiger partial charge in [0.2, 0.25) is 11.8 Å². The van der Waals surface area contributed by atoms with Crippen LogP contribution in [0.3, 0.4) is 0 Å². The molecular formula is C22H30N2O4. The standard InChI is InChI=1S/C22H30N2O4/c1-4-15(2)18-7-5-6-8-19(18)24-14-17(13-20(24)25)21(26)23-11-9-16(10-12-23)22(27)28-3/h5-8,15-17H,4,9-14H2,1-3H3. The average Bonchev–Trinajstić information content (AvgIpc) is 3.13. The third kappa shape index (κ3) is 4.05. The molecule has 2 amide bonds. The van der Waals surface area contributed by atoms with E-state index >= 15 is 0 Å². The molecule has 1 aromatic rings. The molecule has 0 spiro atoms. The van der Waals surface area contributed by atoms with Crippen LogP contribution in [0.25, 0.3) is 0 Å². The number of hydrogen-bond acceptors (Lipinski definition) is 4. The van der Waals surface area contributed by atoms with Crippen LogP contribution in [0.4, 0.5) is 5.69 Å². The lowest BCUT2D eigenvalue weighted by molar-refractivity contribution is -0.149. The van der Waals surface area contributed by atoms with E-state index < -0.39 is 0 Å². The number of hydrogen-bond donors (Lipinski definition) is 0. The van der Waals surface area contributed by atoms with Gasteiger partial charge in [-0.1, -0.05) is 32.0 Å². The van der Waals surface area contributed by atoms with Gasteiger partial charge >= 0.3 is 5.97 Å². The topological polar surface area (TPSA) is 66.9 Å². The molecule has 2 atom stereocenters. The summed E-state index contributed by atoms with van der Waals surface area (Å²) in [6, 6.07) is 8.00. The Labute approximate surface area is 166 Å². The summed E-state index contributed by atoms with van der Waals surface area (Å²) in [5.41, 5.74) is 2.09. The van der Waals surface area contributed by atoms with Gasteiger partial charge in [-0.2, -0.15) is 0 Å². The second-order valence-electron chi connectivity index (χ2n) is 7.90. The van der Waals surface area contributed by atoms with E-state index in [-0.39, 0.29) is 36.0 Å². The fraction of sp³-hybridized carbons (Fsp3) is 0.591. The maximum Gasteiger partial charge on any atom is 0.308 e. The monoisotopic (exact) mass is 386 g/mol. The highest BCUT2D eigenvalue weighted by Gasteiger charge is 2.39. The Kier molecular flexibility index (Phi) is 6.37. The van der Waals surface area contributed by atoms with Gasteiger partial charge < -0.3 is 14.5 Å². The first-order valence-corrected chi connectivity index (χ1v) is 10.2. The van der Waals surface area contributed by atoms with Crippen molar-refractivity contribution in [1.82, 2.24) is 4.90 Å². The van der Waals surface area contributed by atoms with E-state index in [1.807, 2.05) is 23.1 Å². The normalized spacial score (nSPS) is 21.7. The fourth-order valence-corrected chi connectivity index (χ4v) is 4.24. The Morgan fingerprint density at radius 3 is 2.50 bits per heavy atom. The Morgan fingerprint density at radius 2 is 1.86 bits per heavy atom. The van der Waals surface area contributed by atoms with Crippen LogP contribution in [0.2, 0.25) is 0 Å². The minimum Gasteiger partial charge on any atom is -0.469 e. The Balaban J connectivity index is 1.67. The number of piperidine rings is 1. The number of amides is 2. The van der Waals surface area contributed by atoms with Crippen LogP contribution in [-0.2, 0) is 19.1 Å². The summed E-state index contributed by atoms with van der Waals surface area (Å²) in [5, 5.41) is 0. The Morgan fingerprint density at radius 1 is 1.18 bits per heavy atom. The Bertz CT molecular complexity index is 740. The molecule has 6 nitrogen and oxygen atoms in total. The van der Waals surface area contributed by atoms with Gasteiger partial charge in [0.15, 0.2) is 0 Å². The first kappa shape index (κ1) is 20.4. The van der Waals surface area contributed by atoms with Crippen LogP contribution < -0.4 is 4.90 Å². The predicted octanol–water partition coefficient (Wildman–Crippen LogP) is 2.96. The zero-order valence-corrected chi connectivity index (χ0v) is 17.0. The van der Waals surface area contributed by atoms with Gasteiger partial charge in [0.1, 0.15) is 0 Å². The predicted molar refractivity (Wildman–Crippen MR) is 107 cm³/mol. The summed E-state index contributed by atoms with van der Waals surface area (Å²) in [6.45, 7) is 5.83. The lowest BCUT2D eigenvalue weighted by Gasteiger charge is -2.32. The SMILES string of the molecule is CCC(C)c1ccccc1N1CC(C(=O)N2CCC(C(=O)OC)CC2)CC1=O. The first-order valence-electron chi connectivity index (χ1n) is 10.2. The molecule has 2 heterocycles. The summed E-state index contributed by atoms with van der Waals surface area (Å²) < 4.78 is 4.81. The molecule has 0 bridgehead atoms. The molecule has 28 heavy (non-hydrogen) atoms. The number of carbonyl (C=O) groups excluding carboxylic acids is 3. The fourth-order valence-electron chi connectivity index (χ4n) is 4.24. The van der Waals surface area contributed by atoms with Crippen molar-refractivity contribution in [2.45, 2.75) is 45.4 Å². The second kappa shape index (κ2) is 8.76. The van der Waals surface area contributed by atoms with Crippen LogP contribution in [-0.4, -0.2) is 49.4 Å². The zero-order chi connectivity index (χ0) is 20.3. The maximum atomic E-state index is 13.0. The van der Waals surface area contributed by atoms with Crippen molar-refractivity contribution >= 4 is 23.5 Å². The quantitative estimate of drug-likeness (QED) is 0.730. The number of rotatable bonds is 5. The van der Waals surface area contributed by atoms with Crippen LogP contribution in [0.1, 0.15) is 51.0 Å². The molecule has 0 N–H and O–H groups in total. The molecule has 0 radical (unpaired) electrons. The minimum absolute atomic E-state index is 0.0125. The lowest BCUT2D eigenvalue weighted by atomic mass is 9.95. The number of methoxy groups -OCH3 is 1. The molecule has 1 aromatic carbocycles. The van der Waals surface area contributed by atoms with Crippen molar-refractivity contribution in [3.63, 3.8) is 0 Å². The third-order valence-electron chi connectivity index (χ3n) is 6.19. The van der Waals surface area contributed by atoms with Crippen LogP contribution in [0.15, 0.2) is 24.3 Å². The molecule has 0 aliphatic carbocycles. The minimum atomic E-state index is -0.313. The number of nitrogens with zero attached hydrogens (tertiary/aromatic N) is 2. The molecule has 2 unspecified atom stereocenters.